The molecule has 2 aliphatic heterocycles. The fraction of sp³-hybridized carbons (Fsp3) is 0.647. The van der Waals surface area contributed by atoms with Crippen molar-refractivity contribution in [3.05, 3.63) is 35.9 Å². The second kappa shape index (κ2) is 3.46. The van der Waals surface area contributed by atoms with Gasteiger partial charge in [0.2, 0.25) is 0 Å². The van der Waals surface area contributed by atoms with Crippen molar-refractivity contribution in [2.75, 3.05) is 0 Å². The van der Waals surface area contributed by atoms with Crippen molar-refractivity contribution in [3.8, 4) is 0 Å². The molecule has 2 saturated heterocycles. The van der Waals surface area contributed by atoms with E-state index in [4.69, 9.17) is 14.2 Å². The van der Waals surface area contributed by atoms with Crippen molar-refractivity contribution in [2.45, 2.75) is 63.8 Å². The molecule has 4 atom stereocenters. The van der Waals surface area contributed by atoms with Gasteiger partial charge < -0.3 is 14.2 Å². The molecule has 0 spiro atoms. The number of rotatable bonds is 1. The lowest BCUT2D eigenvalue weighted by Gasteiger charge is -2.42. The zero-order valence-corrected chi connectivity index (χ0v) is 12.6. The number of hydrogen-bond donors (Lipinski definition) is 0. The standard InChI is InChI=1S/C17H22O3/c1-14(2,3)17-18-13-10-11-15(4,19-17)16(13,20-17)12-8-6-5-7-9-12/h5-9,13H,10-11H2,1-4H3/t13-,15+,16-,17?/m0/s1. The summed E-state index contributed by atoms with van der Waals surface area (Å²) < 4.78 is 19.2. The first-order valence-electron chi connectivity index (χ1n) is 7.47. The highest BCUT2D eigenvalue weighted by Gasteiger charge is 2.80. The van der Waals surface area contributed by atoms with Crippen LogP contribution in [0.2, 0.25) is 0 Å². The first kappa shape index (κ1) is 12.8. The minimum absolute atomic E-state index is 0.0860. The van der Waals surface area contributed by atoms with Crippen LogP contribution >= 0.6 is 0 Å². The molecule has 0 radical (unpaired) electrons. The molecule has 1 saturated carbocycles. The fourth-order valence-electron chi connectivity index (χ4n) is 4.06. The summed E-state index contributed by atoms with van der Waals surface area (Å²) in [6, 6.07) is 10.4. The van der Waals surface area contributed by atoms with Gasteiger partial charge in [-0.2, -0.15) is 0 Å². The summed E-state index contributed by atoms with van der Waals surface area (Å²) in [6.07, 6.45) is 2.05. The maximum atomic E-state index is 6.54. The predicted octanol–water partition coefficient (Wildman–Crippen LogP) is 3.58. The third-order valence-electron chi connectivity index (χ3n) is 5.20. The summed E-state index contributed by atoms with van der Waals surface area (Å²) >= 11 is 0. The van der Waals surface area contributed by atoms with Gasteiger partial charge >= 0.3 is 0 Å². The number of fused-ring (bicyclic) bond motifs is 1. The van der Waals surface area contributed by atoms with E-state index in [0.29, 0.717) is 0 Å². The monoisotopic (exact) mass is 274 g/mol. The lowest BCUT2D eigenvalue weighted by Crippen LogP contribution is -2.53. The first-order valence-corrected chi connectivity index (χ1v) is 7.47. The van der Waals surface area contributed by atoms with Crippen LogP contribution in [0.1, 0.15) is 46.1 Å². The molecule has 1 aromatic rings. The van der Waals surface area contributed by atoms with E-state index in [9.17, 15) is 0 Å². The quantitative estimate of drug-likeness (QED) is 0.783. The van der Waals surface area contributed by atoms with Crippen molar-refractivity contribution < 1.29 is 14.2 Å². The third kappa shape index (κ3) is 1.23. The van der Waals surface area contributed by atoms with Gasteiger partial charge in [-0.3, -0.25) is 0 Å². The zero-order valence-electron chi connectivity index (χ0n) is 12.6. The molecule has 3 nitrogen and oxygen atoms in total. The SMILES string of the molecule is CC(C)(C)C12O[C@H]3CC[C@@](C)(O1)[C@@]3(c1ccccc1)O2. The summed E-state index contributed by atoms with van der Waals surface area (Å²) in [6.45, 7) is 8.52. The van der Waals surface area contributed by atoms with Crippen LogP contribution in [-0.4, -0.2) is 17.7 Å². The summed E-state index contributed by atoms with van der Waals surface area (Å²) in [7, 11) is 0. The zero-order chi connectivity index (χ0) is 14.2. The summed E-state index contributed by atoms with van der Waals surface area (Å²) in [5.74, 6) is -0.918. The molecular formula is C17H22O3. The molecule has 0 N–H and O–H groups in total. The largest absolute Gasteiger partial charge is 0.320 e. The second-order valence-corrected chi connectivity index (χ2v) is 7.49. The van der Waals surface area contributed by atoms with Crippen LogP contribution < -0.4 is 0 Å². The molecule has 3 aliphatic rings. The van der Waals surface area contributed by atoms with Gasteiger partial charge in [-0.15, -0.1) is 0 Å². The molecule has 108 valence electrons. The Morgan fingerprint density at radius 3 is 2.40 bits per heavy atom. The van der Waals surface area contributed by atoms with Crippen LogP contribution in [0.5, 0.6) is 0 Å². The van der Waals surface area contributed by atoms with Gasteiger partial charge in [-0.1, -0.05) is 51.1 Å². The Labute approximate surface area is 120 Å². The Balaban J connectivity index is 1.90. The Kier molecular flexibility index (Phi) is 2.22. The van der Waals surface area contributed by atoms with E-state index in [1.807, 2.05) is 6.07 Å². The summed E-state index contributed by atoms with van der Waals surface area (Å²) in [4.78, 5) is 0. The molecule has 1 aliphatic carbocycles. The average Bonchev–Trinajstić information content (AvgIpc) is 2.90. The maximum absolute atomic E-state index is 6.54. The van der Waals surface area contributed by atoms with Gasteiger partial charge in [-0.05, 0) is 25.3 Å². The lowest BCUT2D eigenvalue weighted by atomic mass is 9.80. The molecule has 3 heteroatoms. The van der Waals surface area contributed by atoms with Crippen LogP contribution in [0.15, 0.2) is 30.3 Å². The Morgan fingerprint density at radius 1 is 1.10 bits per heavy atom. The normalized spacial score (nSPS) is 46.1. The van der Waals surface area contributed by atoms with Crippen LogP contribution in [-0.2, 0) is 19.8 Å². The third-order valence-corrected chi connectivity index (χ3v) is 5.20. The summed E-state index contributed by atoms with van der Waals surface area (Å²) in [5, 5.41) is 0. The average molecular weight is 274 g/mol. The van der Waals surface area contributed by atoms with E-state index in [-0.39, 0.29) is 17.1 Å². The van der Waals surface area contributed by atoms with Crippen molar-refractivity contribution >= 4 is 0 Å². The van der Waals surface area contributed by atoms with Crippen molar-refractivity contribution in [1.29, 1.82) is 0 Å². The minimum Gasteiger partial charge on any atom is -0.320 e. The van der Waals surface area contributed by atoms with Gasteiger partial charge in [-0.25, -0.2) is 0 Å². The molecule has 3 fully saturated rings. The molecule has 2 heterocycles. The molecule has 4 rings (SSSR count). The van der Waals surface area contributed by atoms with Gasteiger partial charge in [0.25, 0.3) is 5.97 Å². The van der Waals surface area contributed by atoms with E-state index < -0.39 is 11.6 Å². The van der Waals surface area contributed by atoms with E-state index in [2.05, 4.69) is 52.0 Å². The van der Waals surface area contributed by atoms with Crippen molar-refractivity contribution in [1.82, 2.24) is 0 Å². The summed E-state index contributed by atoms with van der Waals surface area (Å²) in [5.41, 5.74) is 0.198. The molecule has 2 bridgehead atoms. The fourth-order valence-corrected chi connectivity index (χ4v) is 4.06. The van der Waals surface area contributed by atoms with Crippen LogP contribution in [0.25, 0.3) is 0 Å². The van der Waals surface area contributed by atoms with Gasteiger partial charge in [0.15, 0.2) is 5.60 Å². The Morgan fingerprint density at radius 2 is 1.80 bits per heavy atom. The first-order chi connectivity index (χ1) is 9.33. The topological polar surface area (TPSA) is 27.7 Å². The van der Waals surface area contributed by atoms with E-state index in [1.165, 1.54) is 5.56 Å². The van der Waals surface area contributed by atoms with Crippen LogP contribution in [0.3, 0.4) is 0 Å². The number of benzene rings is 1. The highest BCUT2D eigenvalue weighted by atomic mass is 16.9. The molecule has 20 heavy (non-hydrogen) atoms. The van der Waals surface area contributed by atoms with Crippen molar-refractivity contribution in [2.24, 2.45) is 5.41 Å². The van der Waals surface area contributed by atoms with E-state index in [0.717, 1.165) is 12.8 Å². The molecule has 0 amide bonds. The number of hydrogen-bond acceptors (Lipinski definition) is 3. The van der Waals surface area contributed by atoms with Gasteiger partial charge in [0.1, 0.15) is 5.60 Å². The van der Waals surface area contributed by atoms with Crippen molar-refractivity contribution in [3.63, 3.8) is 0 Å². The highest BCUT2D eigenvalue weighted by molar-refractivity contribution is 5.35. The van der Waals surface area contributed by atoms with Gasteiger partial charge in [0.05, 0.1) is 6.10 Å². The highest BCUT2D eigenvalue weighted by Crippen LogP contribution is 2.69. The minimum atomic E-state index is -0.918. The lowest BCUT2D eigenvalue weighted by molar-refractivity contribution is -0.371. The maximum Gasteiger partial charge on any atom is 0.290 e. The van der Waals surface area contributed by atoms with Crippen LogP contribution in [0, 0.1) is 5.41 Å². The smallest absolute Gasteiger partial charge is 0.290 e. The second-order valence-electron chi connectivity index (χ2n) is 7.49. The van der Waals surface area contributed by atoms with E-state index in [1.54, 1.807) is 0 Å². The Hall–Kier alpha value is -0.900. The molecule has 1 aromatic carbocycles. The molecule has 0 aromatic heterocycles. The Bertz CT molecular complexity index is 549. The number of ether oxygens (including phenoxy) is 3. The van der Waals surface area contributed by atoms with Gasteiger partial charge in [0, 0.05) is 5.41 Å². The van der Waals surface area contributed by atoms with E-state index >= 15 is 0 Å². The molecular weight excluding hydrogens is 252 g/mol. The van der Waals surface area contributed by atoms with Crippen LogP contribution in [0.4, 0.5) is 0 Å². The molecule has 1 unspecified atom stereocenters. The predicted molar refractivity (Wildman–Crippen MR) is 75.0 cm³/mol.